The van der Waals surface area contributed by atoms with Crippen LogP contribution in [0, 0.1) is 19.3 Å². The Balaban J connectivity index is 1.66. The number of aryl methyl sites for hydroxylation is 1. The van der Waals surface area contributed by atoms with Crippen LogP contribution in [0.25, 0.3) is 16.8 Å². The molecule has 1 fully saturated rings. The Kier molecular flexibility index (Phi) is 5.89. The number of halogens is 1. The molecular weight excluding hydrogens is 416 g/mol. The van der Waals surface area contributed by atoms with Crippen molar-refractivity contribution in [2.24, 2.45) is 0 Å². The molecule has 4 nitrogen and oxygen atoms in total. The van der Waals surface area contributed by atoms with Gasteiger partial charge in [-0.1, -0.05) is 65.7 Å². The Morgan fingerprint density at radius 2 is 2.10 bits per heavy atom. The third-order valence-electron chi connectivity index (χ3n) is 4.73. The number of carbonyl (C=O) groups excluding carboxylic acids is 1. The highest BCUT2D eigenvalue weighted by Crippen LogP contribution is 2.36. The minimum atomic E-state index is -0.300. The average molecular weight is 435 g/mol. The van der Waals surface area contributed by atoms with E-state index in [9.17, 15) is 4.79 Å². The first-order valence-electron chi connectivity index (χ1n) is 9.35. The molecule has 0 spiro atoms. The SMILES string of the molecule is C#CCOc1ccc2ccccc2c1/C=C1\SC(Nc2cc(Cl)ccc2C)NC1=O. The predicted octanol–water partition coefficient (Wildman–Crippen LogP) is 5.41. The smallest absolute Gasteiger partial charge is 0.260 e. The zero-order chi connectivity index (χ0) is 21.1. The number of terminal acetylenes is 1. The lowest BCUT2D eigenvalue weighted by Crippen LogP contribution is -2.31. The predicted molar refractivity (Wildman–Crippen MR) is 126 cm³/mol. The third-order valence-corrected chi connectivity index (χ3v) is 6.00. The fourth-order valence-corrected chi connectivity index (χ4v) is 4.39. The van der Waals surface area contributed by atoms with Gasteiger partial charge in [-0.25, -0.2) is 0 Å². The minimum absolute atomic E-state index is 0.145. The Labute approximate surface area is 184 Å². The molecular formula is C24H19ClN2O2S. The molecule has 1 amide bonds. The molecule has 0 saturated carbocycles. The maximum Gasteiger partial charge on any atom is 0.260 e. The number of thioether (sulfide) groups is 1. The second-order valence-corrected chi connectivity index (χ2v) is 8.36. The van der Waals surface area contributed by atoms with Crippen molar-refractivity contribution >= 4 is 51.8 Å². The first kappa shape index (κ1) is 20.2. The van der Waals surface area contributed by atoms with Crippen LogP contribution in [0.5, 0.6) is 5.75 Å². The monoisotopic (exact) mass is 434 g/mol. The summed E-state index contributed by atoms with van der Waals surface area (Å²) in [6.07, 6.45) is 7.22. The molecule has 0 radical (unpaired) electrons. The number of anilines is 1. The van der Waals surface area contributed by atoms with Gasteiger partial charge in [0, 0.05) is 16.3 Å². The van der Waals surface area contributed by atoms with Crippen molar-refractivity contribution in [2.45, 2.75) is 12.4 Å². The second-order valence-electron chi connectivity index (χ2n) is 6.77. The van der Waals surface area contributed by atoms with E-state index in [1.165, 1.54) is 11.8 Å². The van der Waals surface area contributed by atoms with Crippen LogP contribution in [0.4, 0.5) is 5.69 Å². The van der Waals surface area contributed by atoms with Gasteiger partial charge < -0.3 is 15.4 Å². The summed E-state index contributed by atoms with van der Waals surface area (Å²) in [5.41, 5.74) is 2.46. The summed E-state index contributed by atoms with van der Waals surface area (Å²) in [5.74, 6) is 2.99. The van der Waals surface area contributed by atoms with Gasteiger partial charge in [0.05, 0.1) is 4.91 Å². The molecule has 0 aliphatic carbocycles. The maximum absolute atomic E-state index is 12.7. The van der Waals surface area contributed by atoms with Crippen LogP contribution in [0.15, 0.2) is 59.5 Å². The third kappa shape index (κ3) is 4.25. The van der Waals surface area contributed by atoms with Crippen molar-refractivity contribution in [3.05, 3.63) is 75.7 Å². The van der Waals surface area contributed by atoms with Crippen LogP contribution in [0.2, 0.25) is 5.02 Å². The van der Waals surface area contributed by atoms with E-state index in [1.807, 2.05) is 67.6 Å². The largest absolute Gasteiger partial charge is 0.480 e. The Hall–Kier alpha value is -3.07. The van der Waals surface area contributed by atoms with Crippen LogP contribution < -0.4 is 15.4 Å². The standard InChI is InChI=1S/C24H19ClN2O2S/c1-3-12-29-21-11-9-16-6-4-5-7-18(16)19(21)14-22-23(28)27-24(30-22)26-20-13-17(25)10-8-15(20)2/h1,4-11,13-14,24,26H,12H2,2H3,(H,27,28)/b22-14-. The molecule has 3 aromatic carbocycles. The zero-order valence-corrected chi connectivity index (χ0v) is 17.8. The molecule has 4 rings (SSSR count). The average Bonchev–Trinajstić information content (AvgIpc) is 3.09. The molecule has 30 heavy (non-hydrogen) atoms. The Morgan fingerprint density at radius 3 is 2.93 bits per heavy atom. The number of benzene rings is 3. The van der Waals surface area contributed by atoms with Crippen molar-refractivity contribution in [3.8, 4) is 18.1 Å². The van der Waals surface area contributed by atoms with Crippen LogP contribution in [0.3, 0.4) is 0 Å². The van der Waals surface area contributed by atoms with E-state index in [0.717, 1.165) is 27.6 Å². The highest BCUT2D eigenvalue weighted by Gasteiger charge is 2.28. The maximum atomic E-state index is 12.7. The Morgan fingerprint density at radius 1 is 1.27 bits per heavy atom. The van der Waals surface area contributed by atoms with Gasteiger partial charge in [0.2, 0.25) is 0 Å². The first-order valence-corrected chi connectivity index (χ1v) is 10.6. The Bertz CT molecular complexity index is 1200. The van der Waals surface area contributed by atoms with Gasteiger partial charge in [-0.2, -0.15) is 0 Å². The van der Waals surface area contributed by atoms with Gasteiger partial charge in [0.25, 0.3) is 5.91 Å². The van der Waals surface area contributed by atoms with Crippen molar-refractivity contribution in [1.29, 1.82) is 0 Å². The summed E-state index contributed by atoms with van der Waals surface area (Å²) in [6, 6.07) is 17.5. The van der Waals surface area contributed by atoms with Crippen molar-refractivity contribution in [2.75, 3.05) is 11.9 Å². The summed E-state index contributed by atoms with van der Waals surface area (Å²) in [5, 5.41) is 8.98. The normalized spacial score (nSPS) is 17.0. The fraction of sp³-hybridized carbons (Fsp3) is 0.125. The molecule has 1 aliphatic rings. The number of carbonyl (C=O) groups is 1. The molecule has 1 heterocycles. The van der Waals surface area contributed by atoms with Crippen LogP contribution in [-0.2, 0) is 4.79 Å². The highest BCUT2D eigenvalue weighted by atomic mass is 35.5. The van der Waals surface area contributed by atoms with E-state index >= 15 is 0 Å². The molecule has 0 aromatic heterocycles. The number of hydrogen-bond donors (Lipinski definition) is 2. The van der Waals surface area contributed by atoms with Gasteiger partial charge >= 0.3 is 0 Å². The molecule has 150 valence electrons. The van der Waals surface area contributed by atoms with E-state index in [2.05, 4.69) is 16.6 Å². The van der Waals surface area contributed by atoms with Crippen LogP contribution in [0.1, 0.15) is 11.1 Å². The molecule has 6 heteroatoms. The summed E-state index contributed by atoms with van der Waals surface area (Å²) in [4.78, 5) is 13.2. The summed E-state index contributed by atoms with van der Waals surface area (Å²) >= 11 is 7.52. The molecule has 1 aliphatic heterocycles. The molecule has 1 saturated heterocycles. The van der Waals surface area contributed by atoms with Crippen molar-refractivity contribution < 1.29 is 9.53 Å². The number of fused-ring (bicyclic) bond motifs is 1. The van der Waals surface area contributed by atoms with Crippen LogP contribution in [-0.4, -0.2) is 18.0 Å². The van der Waals surface area contributed by atoms with E-state index < -0.39 is 0 Å². The number of hydrogen-bond acceptors (Lipinski definition) is 4. The van der Waals surface area contributed by atoms with Crippen LogP contribution >= 0.6 is 23.4 Å². The van der Waals surface area contributed by atoms with Gasteiger partial charge in [-0.15, -0.1) is 6.42 Å². The first-order chi connectivity index (χ1) is 14.5. The number of rotatable bonds is 5. The highest BCUT2D eigenvalue weighted by molar-refractivity contribution is 8.05. The summed E-state index contributed by atoms with van der Waals surface area (Å²) in [7, 11) is 0. The van der Waals surface area contributed by atoms with Crippen molar-refractivity contribution in [3.63, 3.8) is 0 Å². The second kappa shape index (κ2) is 8.74. The van der Waals surface area contributed by atoms with Crippen molar-refractivity contribution in [1.82, 2.24) is 5.32 Å². The lowest BCUT2D eigenvalue weighted by atomic mass is 10.0. The fourth-order valence-electron chi connectivity index (χ4n) is 3.26. The van der Waals surface area contributed by atoms with Gasteiger partial charge in [-0.3, -0.25) is 4.79 Å². The van der Waals surface area contributed by atoms with E-state index in [1.54, 1.807) is 0 Å². The minimum Gasteiger partial charge on any atom is -0.480 e. The van der Waals surface area contributed by atoms with E-state index in [0.29, 0.717) is 15.7 Å². The summed E-state index contributed by atoms with van der Waals surface area (Å²) in [6.45, 7) is 2.15. The van der Waals surface area contributed by atoms with Gasteiger partial charge in [0.1, 0.15) is 12.4 Å². The molecule has 1 unspecified atom stereocenters. The van der Waals surface area contributed by atoms with Gasteiger partial charge in [0.15, 0.2) is 5.50 Å². The number of ether oxygens (including phenoxy) is 1. The molecule has 2 N–H and O–H groups in total. The van der Waals surface area contributed by atoms with E-state index in [-0.39, 0.29) is 18.0 Å². The molecule has 0 bridgehead atoms. The lowest BCUT2D eigenvalue weighted by Gasteiger charge is -2.15. The quantitative estimate of drug-likeness (QED) is 0.416. The van der Waals surface area contributed by atoms with E-state index in [4.69, 9.17) is 22.8 Å². The summed E-state index contributed by atoms with van der Waals surface area (Å²) < 4.78 is 5.74. The molecule has 1 atom stereocenters. The van der Waals surface area contributed by atoms with Gasteiger partial charge in [-0.05, 0) is 47.5 Å². The number of nitrogens with one attached hydrogen (secondary N) is 2. The topological polar surface area (TPSA) is 50.4 Å². The number of amides is 1. The lowest BCUT2D eigenvalue weighted by molar-refractivity contribution is -0.116. The zero-order valence-electron chi connectivity index (χ0n) is 16.2. The molecule has 3 aromatic rings.